The molecule has 1 fully saturated rings. The molecule has 1 aliphatic heterocycles. The Hall–Kier alpha value is -1.26. The summed E-state index contributed by atoms with van der Waals surface area (Å²) < 4.78 is 5.31. The van der Waals surface area contributed by atoms with Gasteiger partial charge in [0.05, 0.1) is 0 Å². The van der Waals surface area contributed by atoms with Crippen molar-refractivity contribution in [3.05, 3.63) is 0 Å². The van der Waals surface area contributed by atoms with Crippen LogP contribution in [0.2, 0.25) is 0 Å². The highest BCUT2D eigenvalue weighted by Crippen LogP contribution is 2.32. The van der Waals surface area contributed by atoms with E-state index < -0.39 is 23.2 Å². The summed E-state index contributed by atoms with van der Waals surface area (Å²) in [6, 6.07) is 0. The smallest absolute Gasteiger partial charge is 0.411 e. The number of carbonyl (C=O) groups excluding carboxylic acids is 1. The fraction of sp³-hybridized carbons (Fsp3) is 0.846. The molecule has 0 aromatic heterocycles. The van der Waals surface area contributed by atoms with Crippen molar-refractivity contribution in [2.45, 2.75) is 64.5 Å². The Bertz CT molecular complexity index is 334. The predicted octanol–water partition coefficient (Wildman–Crippen LogP) is 2.64. The van der Waals surface area contributed by atoms with Crippen molar-refractivity contribution in [2.24, 2.45) is 0 Å². The van der Waals surface area contributed by atoms with Crippen LogP contribution in [-0.2, 0) is 9.53 Å². The highest BCUT2D eigenvalue weighted by atomic mass is 16.6. The monoisotopic (exact) mass is 257 g/mol. The van der Waals surface area contributed by atoms with E-state index in [1.165, 1.54) is 4.90 Å². The zero-order valence-electron chi connectivity index (χ0n) is 11.7. The molecule has 0 bridgehead atoms. The average molecular weight is 257 g/mol. The third-order valence-electron chi connectivity index (χ3n) is 3.34. The van der Waals surface area contributed by atoms with Gasteiger partial charge in [-0.3, -0.25) is 4.90 Å². The lowest BCUT2D eigenvalue weighted by atomic mass is 9.84. The predicted molar refractivity (Wildman–Crippen MR) is 67.4 cm³/mol. The average Bonchev–Trinajstić information content (AvgIpc) is 2.26. The van der Waals surface area contributed by atoms with Crippen LogP contribution in [0.5, 0.6) is 0 Å². The highest BCUT2D eigenvalue weighted by molar-refractivity contribution is 5.84. The second kappa shape index (κ2) is 5.16. The first kappa shape index (κ1) is 14.8. The number of likely N-dealkylation sites (tertiary alicyclic amines) is 1. The first-order valence-corrected chi connectivity index (χ1v) is 6.47. The van der Waals surface area contributed by atoms with E-state index in [1.54, 1.807) is 27.7 Å². The van der Waals surface area contributed by atoms with E-state index in [2.05, 4.69) is 0 Å². The van der Waals surface area contributed by atoms with Crippen LogP contribution in [0.15, 0.2) is 0 Å². The number of aliphatic carboxylic acids is 1. The first-order valence-electron chi connectivity index (χ1n) is 6.47. The minimum atomic E-state index is -1.10. The van der Waals surface area contributed by atoms with Gasteiger partial charge < -0.3 is 9.84 Å². The molecule has 5 nitrogen and oxygen atoms in total. The van der Waals surface area contributed by atoms with Crippen LogP contribution >= 0.6 is 0 Å². The summed E-state index contributed by atoms with van der Waals surface area (Å²) in [6.45, 7) is 7.60. The Morgan fingerprint density at radius 1 is 1.33 bits per heavy atom. The molecule has 0 aliphatic carbocycles. The van der Waals surface area contributed by atoms with Crippen molar-refractivity contribution in [3.63, 3.8) is 0 Å². The van der Waals surface area contributed by atoms with Gasteiger partial charge in [0.25, 0.3) is 0 Å². The molecule has 18 heavy (non-hydrogen) atoms. The maximum absolute atomic E-state index is 12.1. The molecule has 5 heteroatoms. The number of hydrogen-bond donors (Lipinski definition) is 1. The van der Waals surface area contributed by atoms with Crippen LogP contribution < -0.4 is 0 Å². The molecule has 1 aliphatic rings. The largest absolute Gasteiger partial charge is 0.479 e. The van der Waals surface area contributed by atoms with Gasteiger partial charge in [-0.2, -0.15) is 0 Å². The molecule has 1 N–H and O–H groups in total. The topological polar surface area (TPSA) is 66.8 Å². The third kappa shape index (κ3) is 2.94. The third-order valence-corrected chi connectivity index (χ3v) is 3.34. The summed E-state index contributed by atoms with van der Waals surface area (Å²) >= 11 is 0. The number of ether oxygens (including phenoxy) is 1. The van der Waals surface area contributed by atoms with Crippen molar-refractivity contribution in [1.29, 1.82) is 0 Å². The van der Waals surface area contributed by atoms with Crippen molar-refractivity contribution in [2.75, 3.05) is 6.54 Å². The second-order valence-corrected chi connectivity index (χ2v) is 5.78. The molecular formula is C13H23NO4. The Kier molecular flexibility index (Phi) is 4.24. The number of carbonyl (C=O) groups is 2. The van der Waals surface area contributed by atoms with Crippen LogP contribution in [0.1, 0.15) is 53.4 Å². The molecule has 0 saturated carbocycles. The molecule has 1 amide bonds. The second-order valence-electron chi connectivity index (χ2n) is 5.78. The van der Waals surface area contributed by atoms with Crippen molar-refractivity contribution < 1.29 is 19.4 Å². The fourth-order valence-corrected chi connectivity index (χ4v) is 2.36. The van der Waals surface area contributed by atoms with Crippen molar-refractivity contribution in [1.82, 2.24) is 4.90 Å². The van der Waals surface area contributed by atoms with E-state index in [1.807, 2.05) is 0 Å². The lowest BCUT2D eigenvalue weighted by Gasteiger charge is -2.43. The summed E-state index contributed by atoms with van der Waals surface area (Å²) in [7, 11) is 0. The Balaban J connectivity index is 2.95. The minimum absolute atomic E-state index is 0.404. The minimum Gasteiger partial charge on any atom is -0.479 e. The number of hydrogen-bond acceptors (Lipinski definition) is 3. The van der Waals surface area contributed by atoms with Gasteiger partial charge >= 0.3 is 12.1 Å². The lowest BCUT2D eigenvalue weighted by molar-refractivity contribution is -0.154. The van der Waals surface area contributed by atoms with Gasteiger partial charge in [0, 0.05) is 6.54 Å². The molecule has 1 saturated heterocycles. The summed E-state index contributed by atoms with van der Waals surface area (Å²) in [5.74, 6) is -0.935. The van der Waals surface area contributed by atoms with Crippen LogP contribution in [-0.4, -0.2) is 39.8 Å². The van der Waals surface area contributed by atoms with E-state index in [0.29, 0.717) is 19.4 Å². The van der Waals surface area contributed by atoms with Crippen LogP contribution in [0, 0.1) is 0 Å². The normalized spacial score (nSPS) is 24.8. The number of piperidine rings is 1. The SMILES string of the molecule is CCC1(C(=O)O)CCCCN1C(=O)OC(C)(C)C. The Labute approximate surface area is 108 Å². The zero-order chi connectivity index (χ0) is 14.0. The quantitative estimate of drug-likeness (QED) is 0.825. The first-order chi connectivity index (χ1) is 8.23. The molecule has 1 rings (SSSR count). The van der Waals surface area contributed by atoms with Gasteiger partial charge in [0.1, 0.15) is 11.1 Å². The van der Waals surface area contributed by atoms with Crippen LogP contribution in [0.3, 0.4) is 0 Å². The molecule has 0 spiro atoms. The summed E-state index contributed by atoms with van der Waals surface area (Å²) in [5, 5.41) is 9.46. The number of nitrogens with zero attached hydrogens (tertiary/aromatic N) is 1. The summed E-state index contributed by atoms with van der Waals surface area (Å²) in [6.07, 6.45) is 2.04. The fourth-order valence-electron chi connectivity index (χ4n) is 2.36. The Morgan fingerprint density at radius 3 is 2.39 bits per heavy atom. The maximum Gasteiger partial charge on any atom is 0.411 e. The van der Waals surface area contributed by atoms with Crippen molar-refractivity contribution >= 4 is 12.1 Å². The van der Waals surface area contributed by atoms with Crippen LogP contribution in [0.25, 0.3) is 0 Å². The number of carboxylic acids is 1. The molecule has 0 aromatic rings. The molecule has 1 unspecified atom stereocenters. The van der Waals surface area contributed by atoms with E-state index in [4.69, 9.17) is 4.74 Å². The van der Waals surface area contributed by atoms with E-state index in [9.17, 15) is 14.7 Å². The zero-order valence-corrected chi connectivity index (χ0v) is 11.7. The molecule has 0 aromatic carbocycles. The van der Waals surface area contributed by atoms with Gasteiger partial charge in [0.2, 0.25) is 0 Å². The van der Waals surface area contributed by atoms with E-state index >= 15 is 0 Å². The summed E-state index contributed by atoms with van der Waals surface area (Å²) in [5.41, 5.74) is -1.70. The van der Waals surface area contributed by atoms with Gasteiger partial charge in [0.15, 0.2) is 0 Å². The Morgan fingerprint density at radius 2 is 1.94 bits per heavy atom. The van der Waals surface area contributed by atoms with E-state index in [0.717, 1.165) is 12.8 Å². The summed E-state index contributed by atoms with van der Waals surface area (Å²) in [4.78, 5) is 25.1. The van der Waals surface area contributed by atoms with Crippen LogP contribution in [0.4, 0.5) is 4.79 Å². The molecule has 1 heterocycles. The maximum atomic E-state index is 12.1. The van der Waals surface area contributed by atoms with Gasteiger partial charge in [-0.05, 0) is 46.5 Å². The van der Waals surface area contributed by atoms with Gasteiger partial charge in [-0.25, -0.2) is 9.59 Å². The number of rotatable bonds is 2. The molecule has 1 atom stereocenters. The molecule has 0 radical (unpaired) electrons. The van der Waals surface area contributed by atoms with Gasteiger partial charge in [-0.1, -0.05) is 6.92 Å². The lowest BCUT2D eigenvalue weighted by Crippen LogP contribution is -2.59. The molecule has 104 valence electrons. The number of carboxylic acid groups (broad SMARTS) is 1. The van der Waals surface area contributed by atoms with Crippen molar-refractivity contribution in [3.8, 4) is 0 Å². The van der Waals surface area contributed by atoms with E-state index in [-0.39, 0.29) is 0 Å². The number of amides is 1. The van der Waals surface area contributed by atoms with Gasteiger partial charge in [-0.15, -0.1) is 0 Å². The highest BCUT2D eigenvalue weighted by Gasteiger charge is 2.47. The standard InChI is InChI=1S/C13H23NO4/c1-5-13(10(15)16)8-6-7-9-14(13)11(17)18-12(2,3)4/h5-9H2,1-4H3,(H,15,16). The molecular weight excluding hydrogens is 234 g/mol.